The Kier molecular flexibility index (Phi) is 3.16. The summed E-state index contributed by atoms with van der Waals surface area (Å²) in [6.07, 6.45) is 0.752. The minimum atomic E-state index is 0.278. The number of rotatable bonds is 2. The Hall–Kier alpha value is -3.00. The minimum Gasteiger partial charge on any atom is -0.508 e. The van der Waals surface area contributed by atoms with Gasteiger partial charge in [-0.2, -0.15) is 0 Å². The first-order chi connectivity index (χ1) is 11.2. The molecule has 0 aromatic heterocycles. The van der Waals surface area contributed by atoms with E-state index in [2.05, 4.69) is 12.1 Å². The molecule has 0 aliphatic heterocycles. The fourth-order valence-corrected chi connectivity index (χ4v) is 3.16. The number of hydrogen-bond acceptors (Lipinski definition) is 2. The molecule has 4 aromatic carbocycles. The van der Waals surface area contributed by atoms with E-state index < -0.39 is 0 Å². The van der Waals surface area contributed by atoms with Crippen LogP contribution in [-0.2, 0) is 6.42 Å². The van der Waals surface area contributed by atoms with E-state index in [4.69, 9.17) is 0 Å². The topological polar surface area (TPSA) is 40.5 Å². The summed E-state index contributed by atoms with van der Waals surface area (Å²) < 4.78 is 0. The maximum absolute atomic E-state index is 9.80. The van der Waals surface area contributed by atoms with Crippen LogP contribution in [0.15, 0.2) is 72.8 Å². The first-order valence-corrected chi connectivity index (χ1v) is 7.62. The van der Waals surface area contributed by atoms with Gasteiger partial charge in [-0.25, -0.2) is 0 Å². The van der Waals surface area contributed by atoms with Crippen molar-refractivity contribution >= 4 is 21.5 Å². The van der Waals surface area contributed by atoms with Gasteiger partial charge in [0.15, 0.2) is 0 Å². The van der Waals surface area contributed by atoms with Crippen LogP contribution in [0, 0.1) is 0 Å². The predicted molar refractivity (Wildman–Crippen MR) is 94.0 cm³/mol. The van der Waals surface area contributed by atoms with Crippen molar-refractivity contribution in [2.24, 2.45) is 0 Å². The summed E-state index contributed by atoms with van der Waals surface area (Å²) in [6.45, 7) is 0. The fourth-order valence-electron chi connectivity index (χ4n) is 3.16. The molecule has 112 valence electrons. The second-order valence-electron chi connectivity index (χ2n) is 5.82. The minimum absolute atomic E-state index is 0.278. The Morgan fingerprint density at radius 2 is 1.04 bits per heavy atom. The number of benzene rings is 4. The second-order valence-corrected chi connectivity index (χ2v) is 5.82. The van der Waals surface area contributed by atoms with Crippen LogP contribution in [0.2, 0.25) is 0 Å². The largest absolute Gasteiger partial charge is 0.508 e. The van der Waals surface area contributed by atoms with Crippen molar-refractivity contribution in [2.75, 3.05) is 0 Å². The smallest absolute Gasteiger partial charge is 0.116 e. The van der Waals surface area contributed by atoms with Gasteiger partial charge in [-0.15, -0.1) is 0 Å². The number of fused-ring (bicyclic) bond motifs is 2. The van der Waals surface area contributed by atoms with Gasteiger partial charge >= 0.3 is 0 Å². The Morgan fingerprint density at radius 3 is 1.52 bits per heavy atom. The van der Waals surface area contributed by atoms with Crippen molar-refractivity contribution in [1.29, 1.82) is 0 Å². The van der Waals surface area contributed by atoms with Gasteiger partial charge in [-0.1, -0.05) is 48.5 Å². The van der Waals surface area contributed by atoms with Gasteiger partial charge in [-0.3, -0.25) is 0 Å². The van der Waals surface area contributed by atoms with Gasteiger partial charge in [0.2, 0.25) is 0 Å². The molecular formula is C21H16O2. The van der Waals surface area contributed by atoms with E-state index in [1.165, 1.54) is 0 Å². The second kappa shape index (κ2) is 5.33. The highest BCUT2D eigenvalue weighted by atomic mass is 16.3. The quantitative estimate of drug-likeness (QED) is 0.547. The zero-order valence-electron chi connectivity index (χ0n) is 12.5. The molecule has 0 saturated carbocycles. The van der Waals surface area contributed by atoms with Gasteiger partial charge in [0.05, 0.1) is 0 Å². The summed E-state index contributed by atoms with van der Waals surface area (Å²) >= 11 is 0. The first kappa shape index (κ1) is 13.6. The zero-order chi connectivity index (χ0) is 15.8. The lowest BCUT2D eigenvalue weighted by atomic mass is 9.95. The van der Waals surface area contributed by atoms with E-state index in [1.807, 2.05) is 48.5 Å². The van der Waals surface area contributed by atoms with E-state index >= 15 is 0 Å². The molecule has 0 heterocycles. The van der Waals surface area contributed by atoms with Crippen LogP contribution in [0.25, 0.3) is 21.5 Å². The highest BCUT2D eigenvalue weighted by molar-refractivity contribution is 5.90. The van der Waals surface area contributed by atoms with Gasteiger partial charge in [-0.05, 0) is 63.4 Å². The maximum atomic E-state index is 9.80. The SMILES string of the molecule is Oc1ccc2cccc(Cc3cccc4ccc(O)cc34)c2c1. The molecule has 2 heteroatoms. The average Bonchev–Trinajstić information content (AvgIpc) is 2.56. The molecule has 0 amide bonds. The monoisotopic (exact) mass is 300 g/mol. The molecule has 4 rings (SSSR count). The maximum Gasteiger partial charge on any atom is 0.116 e. The van der Waals surface area contributed by atoms with Crippen LogP contribution in [0.4, 0.5) is 0 Å². The normalized spacial score (nSPS) is 11.1. The molecule has 0 saturated heterocycles. The third-order valence-corrected chi connectivity index (χ3v) is 4.29. The van der Waals surface area contributed by atoms with Crippen LogP contribution < -0.4 is 0 Å². The van der Waals surface area contributed by atoms with Gasteiger partial charge in [0.1, 0.15) is 11.5 Å². The lowest BCUT2D eigenvalue weighted by molar-refractivity contribution is 0.475. The van der Waals surface area contributed by atoms with Crippen molar-refractivity contribution in [2.45, 2.75) is 6.42 Å². The summed E-state index contributed by atoms with van der Waals surface area (Å²) in [4.78, 5) is 0. The third-order valence-electron chi connectivity index (χ3n) is 4.29. The fraction of sp³-hybridized carbons (Fsp3) is 0.0476. The Morgan fingerprint density at radius 1 is 0.565 bits per heavy atom. The lowest BCUT2D eigenvalue weighted by Crippen LogP contribution is -1.91. The van der Waals surface area contributed by atoms with E-state index in [1.54, 1.807) is 12.1 Å². The van der Waals surface area contributed by atoms with Crippen molar-refractivity contribution in [3.8, 4) is 11.5 Å². The molecular weight excluding hydrogens is 284 g/mol. The molecule has 0 bridgehead atoms. The summed E-state index contributed by atoms with van der Waals surface area (Å²) in [6, 6.07) is 23.3. The van der Waals surface area contributed by atoms with Gasteiger partial charge in [0.25, 0.3) is 0 Å². The Labute approximate surface area is 134 Å². The lowest BCUT2D eigenvalue weighted by Gasteiger charge is -2.10. The molecule has 0 spiro atoms. The number of phenols is 2. The van der Waals surface area contributed by atoms with Crippen LogP contribution in [-0.4, -0.2) is 10.2 Å². The molecule has 0 fully saturated rings. The van der Waals surface area contributed by atoms with Crippen molar-refractivity contribution in [3.63, 3.8) is 0 Å². The zero-order valence-corrected chi connectivity index (χ0v) is 12.5. The molecule has 2 nitrogen and oxygen atoms in total. The molecule has 4 aromatic rings. The molecule has 0 unspecified atom stereocenters. The highest BCUT2D eigenvalue weighted by Crippen LogP contribution is 2.29. The molecule has 0 atom stereocenters. The molecule has 23 heavy (non-hydrogen) atoms. The summed E-state index contributed by atoms with van der Waals surface area (Å²) in [5.74, 6) is 0.557. The van der Waals surface area contributed by atoms with E-state index in [0.717, 1.165) is 39.1 Å². The first-order valence-electron chi connectivity index (χ1n) is 7.62. The summed E-state index contributed by atoms with van der Waals surface area (Å²) in [7, 11) is 0. The highest BCUT2D eigenvalue weighted by Gasteiger charge is 2.07. The van der Waals surface area contributed by atoms with Crippen LogP contribution in [0.1, 0.15) is 11.1 Å². The molecule has 2 N–H and O–H groups in total. The Balaban J connectivity index is 1.88. The van der Waals surface area contributed by atoms with Crippen molar-refractivity contribution < 1.29 is 10.2 Å². The molecule has 0 radical (unpaired) electrons. The molecule has 0 aliphatic carbocycles. The van der Waals surface area contributed by atoms with E-state index in [9.17, 15) is 10.2 Å². The van der Waals surface area contributed by atoms with Crippen molar-refractivity contribution in [3.05, 3.63) is 83.9 Å². The van der Waals surface area contributed by atoms with Gasteiger partial charge in [0, 0.05) is 0 Å². The van der Waals surface area contributed by atoms with Crippen LogP contribution in [0.3, 0.4) is 0 Å². The predicted octanol–water partition coefficient (Wildman–Crippen LogP) is 5.00. The van der Waals surface area contributed by atoms with Crippen LogP contribution in [0.5, 0.6) is 11.5 Å². The Bertz CT molecular complexity index is 935. The van der Waals surface area contributed by atoms with Crippen molar-refractivity contribution in [1.82, 2.24) is 0 Å². The average molecular weight is 300 g/mol. The van der Waals surface area contributed by atoms with Crippen LogP contribution >= 0.6 is 0 Å². The summed E-state index contributed by atoms with van der Waals surface area (Å²) in [5.41, 5.74) is 2.32. The third kappa shape index (κ3) is 2.49. The van der Waals surface area contributed by atoms with E-state index in [0.29, 0.717) is 0 Å². The standard InChI is InChI=1S/C21H16O2/c22-18-9-7-14-3-1-5-16(20(14)12-18)11-17-6-2-4-15-8-10-19(23)13-21(15)17/h1-10,12-13,22-23H,11H2. The number of phenolic OH excluding ortho intramolecular Hbond substituents is 2. The number of aromatic hydroxyl groups is 2. The van der Waals surface area contributed by atoms with Gasteiger partial charge < -0.3 is 10.2 Å². The molecule has 0 aliphatic rings. The summed E-state index contributed by atoms with van der Waals surface area (Å²) in [5, 5.41) is 23.9. The number of hydrogen-bond donors (Lipinski definition) is 2. The van der Waals surface area contributed by atoms with E-state index in [-0.39, 0.29) is 11.5 Å².